The van der Waals surface area contributed by atoms with E-state index in [4.69, 9.17) is 10.00 Å². The van der Waals surface area contributed by atoms with Crippen molar-refractivity contribution in [1.82, 2.24) is 5.32 Å². The van der Waals surface area contributed by atoms with Crippen molar-refractivity contribution in [2.75, 3.05) is 12.3 Å². The maximum atomic E-state index is 11.8. The van der Waals surface area contributed by atoms with Crippen molar-refractivity contribution in [3.05, 3.63) is 0 Å². The third-order valence-corrected chi connectivity index (χ3v) is 3.68. The molecule has 1 aliphatic rings. The minimum absolute atomic E-state index is 0.0650. The van der Waals surface area contributed by atoms with Crippen molar-refractivity contribution in [3.8, 4) is 6.07 Å². The molecule has 2 atom stereocenters. The van der Waals surface area contributed by atoms with Crippen LogP contribution >= 0.6 is 11.8 Å². The van der Waals surface area contributed by atoms with Gasteiger partial charge in [-0.15, -0.1) is 0 Å². The van der Waals surface area contributed by atoms with Gasteiger partial charge >= 0.3 is 11.9 Å². The van der Waals surface area contributed by atoms with Gasteiger partial charge in [-0.05, 0) is 19.4 Å². The minimum Gasteiger partial charge on any atom is -0.392 e. The monoisotopic (exact) mass is 284 g/mol. The number of carbonyl (C=O) groups excluding carboxylic acids is 3. The van der Waals surface area contributed by atoms with E-state index in [1.54, 1.807) is 0 Å². The van der Waals surface area contributed by atoms with E-state index in [0.29, 0.717) is 6.42 Å². The van der Waals surface area contributed by atoms with E-state index < -0.39 is 23.9 Å². The Kier molecular flexibility index (Phi) is 6.53. The van der Waals surface area contributed by atoms with Gasteiger partial charge in [0.15, 0.2) is 5.12 Å². The molecule has 0 amide bonds. The number of carbonyl (C=O) groups is 3. The zero-order valence-electron chi connectivity index (χ0n) is 10.7. The average Bonchev–Trinajstić information content (AvgIpc) is 2.87. The number of thioether (sulfide) groups is 1. The van der Waals surface area contributed by atoms with E-state index >= 15 is 0 Å². The Hall–Kier alpha value is -1.39. The molecule has 0 aromatic heterocycles. The first-order chi connectivity index (χ1) is 9.04. The molecule has 0 aromatic carbocycles. The third kappa shape index (κ3) is 5.41. The molecule has 1 unspecified atom stereocenters. The Labute approximate surface area is 115 Å². The molecule has 1 N–H and O–H groups in total. The largest absolute Gasteiger partial charge is 0.392 e. The number of esters is 2. The van der Waals surface area contributed by atoms with Crippen LogP contribution in [0.2, 0.25) is 0 Å². The molecule has 0 bridgehead atoms. The topological polar surface area (TPSA) is 96.3 Å². The number of nitrogens with one attached hydrogen (secondary N) is 1. The SMILES string of the molecule is CC(=O)SCC(CC#N)C(=O)OC(=O)[C@@H]1CCCN1. The lowest BCUT2D eigenvalue weighted by Gasteiger charge is -2.13. The molecular formula is C12H16N2O4S. The van der Waals surface area contributed by atoms with Crippen LogP contribution in [0.3, 0.4) is 0 Å². The summed E-state index contributed by atoms with van der Waals surface area (Å²) in [5.74, 6) is -1.91. The number of hydrogen-bond acceptors (Lipinski definition) is 7. The van der Waals surface area contributed by atoms with Crippen LogP contribution < -0.4 is 5.32 Å². The van der Waals surface area contributed by atoms with E-state index in [-0.39, 0.29) is 17.3 Å². The van der Waals surface area contributed by atoms with E-state index in [1.165, 1.54) is 6.92 Å². The third-order valence-electron chi connectivity index (χ3n) is 2.70. The Morgan fingerprint density at radius 3 is 2.79 bits per heavy atom. The lowest BCUT2D eigenvalue weighted by molar-refractivity contribution is -0.163. The summed E-state index contributed by atoms with van der Waals surface area (Å²) in [4.78, 5) is 34.3. The maximum absolute atomic E-state index is 11.8. The van der Waals surface area contributed by atoms with Gasteiger partial charge in [-0.3, -0.25) is 9.59 Å². The lowest BCUT2D eigenvalue weighted by atomic mass is 10.1. The molecule has 104 valence electrons. The lowest BCUT2D eigenvalue weighted by Crippen LogP contribution is -2.35. The molecule has 0 spiro atoms. The van der Waals surface area contributed by atoms with Gasteiger partial charge in [-0.2, -0.15) is 5.26 Å². The van der Waals surface area contributed by atoms with Crippen LogP contribution in [0.15, 0.2) is 0 Å². The van der Waals surface area contributed by atoms with Gasteiger partial charge in [-0.25, -0.2) is 4.79 Å². The Morgan fingerprint density at radius 1 is 1.53 bits per heavy atom. The maximum Gasteiger partial charge on any atom is 0.330 e. The highest BCUT2D eigenvalue weighted by atomic mass is 32.2. The summed E-state index contributed by atoms with van der Waals surface area (Å²) in [6, 6.07) is 1.43. The second-order valence-electron chi connectivity index (χ2n) is 4.25. The number of rotatable bonds is 5. The molecule has 0 radical (unpaired) electrons. The van der Waals surface area contributed by atoms with Crippen molar-refractivity contribution in [3.63, 3.8) is 0 Å². The summed E-state index contributed by atoms with van der Waals surface area (Å²) in [6.45, 7) is 2.11. The average molecular weight is 284 g/mol. The molecule has 1 aliphatic heterocycles. The second-order valence-corrected chi connectivity index (χ2v) is 5.45. The first-order valence-corrected chi connectivity index (χ1v) is 7.02. The Morgan fingerprint density at radius 2 is 2.26 bits per heavy atom. The molecule has 1 saturated heterocycles. The highest BCUT2D eigenvalue weighted by Gasteiger charge is 2.29. The van der Waals surface area contributed by atoms with Crippen molar-refractivity contribution in [2.24, 2.45) is 5.92 Å². The van der Waals surface area contributed by atoms with Crippen LogP contribution in [0.1, 0.15) is 26.2 Å². The molecule has 7 heteroatoms. The van der Waals surface area contributed by atoms with Crippen molar-refractivity contribution < 1.29 is 19.1 Å². The molecule has 0 saturated carbocycles. The molecule has 6 nitrogen and oxygen atoms in total. The summed E-state index contributed by atoms with van der Waals surface area (Å²) in [6.07, 6.45) is 1.46. The molecule has 1 heterocycles. The predicted molar refractivity (Wildman–Crippen MR) is 69.0 cm³/mol. The predicted octanol–water partition coefficient (Wildman–Crippen LogP) is 0.618. The summed E-state index contributed by atoms with van der Waals surface area (Å²) in [7, 11) is 0. The van der Waals surface area contributed by atoms with Gasteiger partial charge in [0, 0.05) is 19.1 Å². The molecule has 0 aromatic rings. The highest BCUT2D eigenvalue weighted by molar-refractivity contribution is 8.13. The standard InChI is InChI=1S/C12H16N2O4S/c1-8(15)19-7-9(4-5-13)11(16)18-12(17)10-3-2-6-14-10/h9-10,14H,2-4,6-7H2,1H3/t9?,10-/m0/s1. The molecule has 1 rings (SSSR count). The Balaban J connectivity index is 2.48. The molecule has 19 heavy (non-hydrogen) atoms. The van der Waals surface area contributed by atoms with Gasteiger partial charge in [0.2, 0.25) is 0 Å². The van der Waals surface area contributed by atoms with Gasteiger partial charge in [0.05, 0.1) is 12.0 Å². The summed E-state index contributed by atoms with van der Waals surface area (Å²) in [5.41, 5.74) is 0. The molecule has 0 aliphatic carbocycles. The van der Waals surface area contributed by atoms with Crippen molar-refractivity contribution >= 4 is 28.8 Å². The first-order valence-electron chi connectivity index (χ1n) is 6.03. The summed E-state index contributed by atoms with van der Waals surface area (Å²) in [5, 5.41) is 11.4. The van der Waals surface area contributed by atoms with E-state index in [9.17, 15) is 14.4 Å². The highest BCUT2D eigenvalue weighted by Crippen LogP contribution is 2.16. The zero-order valence-corrected chi connectivity index (χ0v) is 11.5. The number of hydrogen-bond donors (Lipinski definition) is 1. The minimum atomic E-state index is -0.746. The molecule has 1 fully saturated rings. The second kappa shape index (κ2) is 7.92. The fourth-order valence-electron chi connectivity index (χ4n) is 1.68. The quantitative estimate of drug-likeness (QED) is 0.584. The fraction of sp³-hybridized carbons (Fsp3) is 0.667. The van der Waals surface area contributed by atoms with Crippen LogP contribution in [0.25, 0.3) is 0 Å². The number of ether oxygens (including phenoxy) is 1. The Bertz CT molecular complexity index is 399. The fourth-order valence-corrected chi connectivity index (χ4v) is 2.37. The molecular weight excluding hydrogens is 268 g/mol. The van der Waals surface area contributed by atoms with Gasteiger partial charge < -0.3 is 10.1 Å². The first kappa shape index (κ1) is 15.7. The summed E-state index contributed by atoms with van der Waals surface area (Å²) >= 11 is 0.949. The number of nitrogens with zero attached hydrogens (tertiary/aromatic N) is 1. The van der Waals surface area contributed by atoms with E-state index in [0.717, 1.165) is 24.7 Å². The smallest absolute Gasteiger partial charge is 0.330 e. The zero-order chi connectivity index (χ0) is 14.3. The van der Waals surface area contributed by atoms with Gasteiger partial charge in [0.25, 0.3) is 0 Å². The van der Waals surface area contributed by atoms with Crippen LogP contribution in [0.4, 0.5) is 0 Å². The van der Waals surface area contributed by atoms with Crippen LogP contribution in [-0.2, 0) is 19.1 Å². The van der Waals surface area contributed by atoms with Crippen molar-refractivity contribution in [2.45, 2.75) is 32.2 Å². The van der Waals surface area contributed by atoms with E-state index in [2.05, 4.69) is 5.32 Å². The number of nitriles is 1. The normalized spacial score (nSPS) is 19.5. The summed E-state index contributed by atoms with van der Waals surface area (Å²) < 4.78 is 4.77. The van der Waals surface area contributed by atoms with Crippen LogP contribution in [0, 0.1) is 17.2 Å². The van der Waals surface area contributed by atoms with Gasteiger partial charge in [-0.1, -0.05) is 11.8 Å². The van der Waals surface area contributed by atoms with E-state index in [1.807, 2.05) is 6.07 Å². The van der Waals surface area contributed by atoms with Crippen molar-refractivity contribution in [1.29, 1.82) is 5.26 Å². The van der Waals surface area contributed by atoms with Gasteiger partial charge in [0.1, 0.15) is 6.04 Å². The van der Waals surface area contributed by atoms with Crippen LogP contribution in [-0.4, -0.2) is 35.4 Å². The van der Waals surface area contributed by atoms with Crippen LogP contribution in [0.5, 0.6) is 0 Å².